The Labute approximate surface area is 121 Å². The van der Waals surface area contributed by atoms with Crippen LogP contribution in [0.25, 0.3) is 22.5 Å². The Morgan fingerprint density at radius 2 is 1.67 bits per heavy atom. The molecule has 21 heavy (non-hydrogen) atoms. The summed E-state index contributed by atoms with van der Waals surface area (Å²) in [7, 11) is 0. The summed E-state index contributed by atoms with van der Waals surface area (Å²) in [5.41, 5.74) is 9.06. The van der Waals surface area contributed by atoms with Gasteiger partial charge < -0.3 is 5.73 Å². The van der Waals surface area contributed by atoms with Gasteiger partial charge in [-0.2, -0.15) is 0 Å². The maximum Gasteiger partial charge on any atom is 0.240 e. The molecule has 0 radical (unpaired) electrons. The molecule has 4 nitrogen and oxygen atoms in total. The van der Waals surface area contributed by atoms with Crippen molar-refractivity contribution in [2.24, 2.45) is 0 Å². The molecule has 3 rings (SSSR count). The van der Waals surface area contributed by atoms with Crippen molar-refractivity contribution in [3.8, 4) is 22.5 Å². The number of rotatable bonds is 2. The first-order valence-corrected chi connectivity index (χ1v) is 6.47. The van der Waals surface area contributed by atoms with Gasteiger partial charge in [0.25, 0.3) is 0 Å². The highest BCUT2D eigenvalue weighted by Crippen LogP contribution is 2.29. The maximum atomic E-state index is 13.4. The van der Waals surface area contributed by atoms with Gasteiger partial charge in [0.05, 0.1) is 0 Å². The maximum absolute atomic E-state index is 13.4. The molecule has 0 aliphatic heterocycles. The van der Waals surface area contributed by atoms with Crippen LogP contribution >= 0.6 is 0 Å². The summed E-state index contributed by atoms with van der Waals surface area (Å²) in [4.78, 5) is 4.28. The van der Waals surface area contributed by atoms with Gasteiger partial charge in [-0.1, -0.05) is 30.3 Å². The third kappa shape index (κ3) is 2.58. The number of halogens is 1. The Hall–Kier alpha value is -2.82. The predicted octanol–water partition coefficient (Wildman–Crippen LogP) is 3.24. The van der Waals surface area contributed by atoms with Crippen molar-refractivity contribution < 1.29 is 4.39 Å². The van der Waals surface area contributed by atoms with Gasteiger partial charge in [-0.15, -0.1) is 10.2 Å². The summed E-state index contributed by atoms with van der Waals surface area (Å²) in [6.45, 7) is 1.71. The zero-order valence-electron chi connectivity index (χ0n) is 11.4. The first-order valence-electron chi connectivity index (χ1n) is 6.47. The van der Waals surface area contributed by atoms with Crippen LogP contribution in [0.3, 0.4) is 0 Å². The first-order chi connectivity index (χ1) is 10.1. The van der Waals surface area contributed by atoms with Crippen LogP contribution in [0, 0.1) is 12.7 Å². The van der Waals surface area contributed by atoms with Gasteiger partial charge in [-0.25, -0.2) is 9.37 Å². The third-order valence-corrected chi connectivity index (χ3v) is 3.18. The summed E-state index contributed by atoms with van der Waals surface area (Å²) in [5, 5.41) is 7.95. The Morgan fingerprint density at radius 1 is 0.905 bits per heavy atom. The third-order valence-electron chi connectivity index (χ3n) is 3.18. The molecule has 1 aromatic heterocycles. The lowest BCUT2D eigenvalue weighted by Crippen LogP contribution is -2.02. The number of anilines is 1. The van der Waals surface area contributed by atoms with E-state index in [0.29, 0.717) is 17.0 Å². The van der Waals surface area contributed by atoms with Crippen molar-refractivity contribution in [3.63, 3.8) is 0 Å². The minimum Gasteiger partial charge on any atom is -0.366 e. The second-order valence-corrected chi connectivity index (χ2v) is 4.70. The monoisotopic (exact) mass is 280 g/mol. The van der Waals surface area contributed by atoms with E-state index in [-0.39, 0.29) is 11.8 Å². The fourth-order valence-electron chi connectivity index (χ4n) is 2.12. The highest BCUT2D eigenvalue weighted by Gasteiger charge is 2.13. The summed E-state index contributed by atoms with van der Waals surface area (Å²) in [6, 6.07) is 14.4. The lowest BCUT2D eigenvalue weighted by Gasteiger charge is -2.09. The van der Waals surface area contributed by atoms with Crippen LogP contribution in [0.1, 0.15) is 5.56 Å². The zero-order valence-corrected chi connectivity index (χ0v) is 11.4. The van der Waals surface area contributed by atoms with E-state index in [2.05, 4.69) is 15.2 Å². The molecule has 2 aromatic carbocycles. The van der Waals surface area contributed by atoms with Crippen molar-refractivity contribution in [1.82, 2.24) is 15.2 Å². The topological polar surface area (TPSA) is 64.7 Å². The first kappa shape index (κ1) is 13.2. The van der Waals surface area contributed by atoms with Crippen LogP contribution in [0.15, 0.2) is 48.5 Å². The van der Waals surface area contributed by atoms with E-state index < -0.39 is 0 Å². The Morgan fingerprint density at radius 3 is 2.38 bits per heavy atom. The SMILES string of the molecule is Cc1cc(-c2nnc(N)nc2-c2ccccc2)ccc1F. The number of benzene rings is 2. The molecule has 0 fully saturated rings. The molecule has 0 amide bonds. The lowest BCUT2D eigenvalue weighted by atomic mass is 10.0. The van der Waals surface area contributed by atoms with Gasteiger partial charge in [0.1, 0.15) is 17.2 Å². The summed E-state index contributed by atoms with van der Waals surface area (Å²) in [5.74, 6) is -0.146. The Bertz CT molecular complexity index is 788. The van der Waals surface area contributed by atoms with Crippen LogP contribution in [-0.4, -0.2) is 15.2 Å². The van der Waals surface area contributed by atoms with Crippen LogP contribution in [0.2, 0.25) is 0 Å². The number of nitrogens with two attached hydrogens (primary N) is 1. The van der Waals surface area contributed by atoms with Crippen molar-refractivity contribution in [3.05, 3.63) is 59.9 Å². The molecule has 0 bridgehead atoms. The van der Waals surface area contributed by atoms with Gasteiger partial charge in [0.2, 0.25) is 5.95 Å². The number of aromatic nitrogens is 3. The molecule has 2 N–H and O–H groups in total. The van der Waals surface area contributed by atoms with E-state index in [4.69, 9.17) is 5.73 Å². The highest BCUT2D eigenvalue weighted by atomic mass is 19.1. The smallest absolute Gasteiger partial charge is 0.240 e. The molecule has 1 heterocycles. The molecule has 0 unspecified atom stereocenters. The highest BCUT2D eigenvalue weighted by molar-refractivity contribution is 5.78. The van der Waals surface area contributed by atoms with Crippen LogP contribution < -0.4 is 5.73 Å². The molecule has 0 spiro atoms. The standard InChI is InChI=1S/C16H13FN4/c1-10-9-12(7-8-13(10)17)15-14(19-16(18)21-20-15)11-5-3-2-4-6-11/h2-9H,1H3,(H2,18,19,21). The molecular weight excluding hydrogens is 267 g/mol. The lowest BCUT2D eigenvalue weighted by molar-refractivity contribution is 0.618. The molecule has 5 heteroatoms. The molecule has 3 aromatic rings. The molecule has 0 saturated heterocycles. The van der Waals surface area contributed by atoms with Gasteiger partial charge in [-0.3, -0.25) is 0 Å². The summed E-state index contributed by atoms with van der Waals surface area (Å²) < 4.78 is 13.4. The molecule has 0 atom stereocenters. The minimum atomic E-state index is -0.253. The van der Waals surface area contributed by atoms with E-state index in [1.54, 1.807) is 19.1 Å². The average molecular weight is 280 g/mol. The van der Waals surface area contributed by atoms with Crippen molar-refractivity contribution >= 4 is 5.95 Å². The van der Waals surface area contributed by atoms with E-state index in [9.17, 15) is 4.39 Å². The van der Waals surface area contributed by atoms with Crippen molar-refractivity contribution in [2.45, 2.75) is 6.92 Å². The molecule has 0 aliphatic carbocycles. The van der Waals surface area contributed by atoms with Crippen molar-refractivity contribution in [1.29, 1.82) is 0 Å². The number of nitrogen functional groups attached to an aromatic ring is 1. The van der Waals surface area contributed by atoms with E-state index in [1.807, 2.05) is 30.3 Å². The van der Waals surface area contributed by atoms with Crippen LogP contribution in [-0.2, 0) is 0 Å². The van der Waals surface area contributed by atoms with E-state index in [0.717, 1.165) is 11.1 Å². The zero-order chi connectivity index (χ0) is 14.8. The molecule has 0 aliphatic rings. The van der Waals surface area contributed by atoms with E-state index >= 15 is 0 Å². The molecule has 0 saturated carbocycles. The predicted molar refractivity (Wildman–Crippen MR) is 79.8 cm³/mol. The number of hydrogen-bond acceptors (Lipinski definition) is 4. The van der Waals surface area contributed by atoms with Gasteiger partial charge >= 0.3 is 0 Å². The fraction of sp³-hybridized carbons (Fsp3) is 0.0625. The van der Waals surface area contributed by atoms with Gasteiger partial charge in [0, 0.05) is 11.1 Å². The van der Waals surface area contributed by atoms with Crippen LogP contribution in [0.5, 0.6) is 0 Å². The minimum absolute atomic E-state index is 0.108. The van der Waals surface area contributed by atoms with Crippen LogP contribution in [0.4, 0.5) is 10.3 Å². The number of hydrogen-bond donors (Lipinski definition) is 1. The largest absolute Gasteiger partial charge is 0.366 e. The quantitative estimate of drug-likeness (QED) is 0.782. The van der Waals surface area contributed by atoms with E-state index in [1.165, 1.54) is 6.07 Å². The fourth-order valence-corrected chi connectivity index (χ4v) is 2.12. The van der Waals surface area contributed by atoms with Crippen molar-refractivity contribution in [2.75, 3.05) is 5.73 Å². The second-order valence-electron chi connectivity index (χ2n) is 4.70. The Kier molecular flexibility index (Phi) is 3.31. The molecular formula is C16H13FN4. The number of nitrogens with zero attached hydrogens (tertiary/aromatic N) is 3. The summed E-state index contributed by atoms with van der Waals surface area (Å²) >= 11 is 0. The molecule has 104 valence electrons. The normalized spacial score (nSPS) is 10.6. The average Bonchev–Trinajstić information content (AvgIpc) is 2.51. The Balaban J connectivity index is 2.21. The second kappa shape index (κ2) is 5.28. The van der Waals surface area contributed by atoms with Gasteiger partial charge in [-0.05, 0) is 30.7 Å². The summed E-state index contributed by atoms with van der Waals surface area (Å²) in [6.07, 6.45) is 0. The van der Waals surface area contributed by atoms with Gasteiger partial charge in [0.15, 0.2) is 0 Å². The number of aryl methyl sites for hydroxylation is 1.